The second-order valence-corrected chi connectivity index (χ2v) is 16.1. The molecule has 3 heterocycles. The van der Waals surface area contributed by atoms with Crippen molar-refractivity contribution in [2.45, 2.75) is 109 Å². The number of urea groups is 1. The largest absolute Gasteiger partial charge is 0.481 e. The summed E-state index contributed by atoms with van der Waals surface area (Å²) in [5, 5.41) is 11.7. The van der Waals surface area contributed by atoms with Gasteiger partial charge >= 0.3 is 19.3 Å². The molecule has 0 spiro atoms. The SMILES string of the molecule is CC[C@H](NC(=O)[C@H]1C[C@@](C)(NC(=O)Nc2ccc(C)cc2)c2ncc(NCc3cccc(C(F)(F)F)c3)c(=O)n21)B1O[C@@H]2C[C@@H]3C[C@@H](C3(C)C)[C@]2(C)O1. The van der Waals surface area contributed by atoms with E-state index in [1.54, 1.807) is 19.1 Å². The minimum Gasteiger partial charge on any atom is -0.404 e. The molecule has 0 radical (unpaired) electrons. The van der Waals surface area contributed by atoms with Gasteiger partial charge in [-0.3, -0.25) is 14.2 Å². The molecular formula is C38H46BF3N6O5. The maximum Gasteiger partial charge on any atom is 0.481 e. The van der Waals surface area contributed by atoms with Crippen molar-refractivity contribution in [2.75, 3.05) is 10.6 Å². The van der Waals surface area contributed by atoms with E-state index in [1.165, 1.54) is 22.9 Å². The molecule has 3 amide bonds. The zero-order valence-corrected chi connectivity index (χ0v) is 30.8. The van der Waals surface area contributed by atoms with Crippen LogP contribution in [0, 0.1) is 24.2 Å². The maximum atomic E-state index is 14.3. The summed E-state index contributed by atoms with van der Waals surface area (Å²) in [4.78, 5) is 46.4. The lowest BCUT2D eigenvalue weighted by Crippen LogP contribution is -2.65. The number of amides is 3. The number of rotatable bonds is 9. The van der Waals surface area contributed by atoms with Crippen molar-refractivity contribution in [1.29, 1.82) is 0 Å². The molecule has 1 saturated heterocycles. The zero-order valence-electron chi connectivity index (χ0n) is 30.8. The molecule has 8 rings (SSSR count). The van der Waals surface area contributed by atoms with Gasteiger partial charge in [0.1, 0.15) is 17.6 Å². The van der Waals surface area contributed by atoms with Crippen LogP contribution in [0.5, 0.6) is 0 Å². The van der Waals surface area contributed by atoms with Crippen molar-refractivity contribution in [2.24, 2.45) is 17.3 Å². The third-order valence-corrected chi connectivity index (χ3v) is 12.2. The number of anilines is 2. The van der Waals surface area contributed by atoms with Crippen LogP contribution in [0.1, 0.15) is 88.9 Å². The van der Waals surface area contributed by atoms with Gasteiger partial charge in [0, 0.05) is 18.7 Å². The highest BCUT2D eigenvalue weighted by Crippen LogP contribution is 2.65. The van der Waals surface area contributed by atoms with Gasteiger partial charge in [-0.25, -0.2) is 9.78 Å². The lowest BCUT2D eigenvalue weighted by molar-refractivity contribution is -0.199. The number of alkyl halides is 3. The van der Waals surface area contributed by atoms with E-state index in [1.807, 2.05) is 26.0 Å². The van der Waals surface area contributed by atoms with Crippen LogP contribution < -0.4 is 26.8 Å². The van der Waals surface area contributed by atoms with Crippen molar-refractivity contribution >= 4 is 30.4 Å². The van der Waals surface area contributed by atoms with Crippen molar-refractivity contribution in [1.82, 2.24) is 20.2 Å². The Hall–Kier alpha value is -4.37. The minimum absolute atomic E-state index is 0.000567. The molecular weight excluding hydrogens is 688 g/mol. The van der Waals surface area contributed by atoms with E-state index in [4.69, 9.17) is 9.31 Å². The van der Waals surface area contributed by atoms with Crippen LogP contribution in [0.25, 0.3) is 0 Å². The van der Waals surface area contributed by atoms with Crippen LogP contribution in [-0.4, -0.2) is 46.3 Å². The number of nitrogens with zero attached hydrogens (tertiary/aromatic N) is 2. The van der Waals surface area contributed by atoms with E-state index in [-0.39, 0.29) is 36.0 Å². The first-order valence-electron chi connectivity index (χ1n) is 18.2. The number of carbonyl (C=O) groups is 2. The first-order valence-corrected chi connectivity index (χ1v) is 18.2. The van der Waals surface area contributed by atoms with Crippen LogP contribution in [0.4, 0.5) is 29.3 Å². The summed E-state index contributed by atoms with van der Waals surface area (Å²) in [5.41, 5.74) is -1.13. The van der Waals surface area contributed by atoms with Gasteiger partial charge in [-0.05, 0) is 87.1 Å². The number of benzene rings is 2. The van der Waals surface area contributed by atoms with Crippen molar-refractivity contribution in [3.63, 3.8) is 0 Å². The van der Waals surface area contributed by atoms with Gasteiger partial charge in [-0.15, -0.1) is 0 Å². The van der Waals surface area contributed by atoms with E-state index in [2.05, 4.69) is 47.0 Å². The van der Waals surface area contributed by atoms with Crippen molar-refractivity contribution in [3.8, 4) is 0 Å². The third kappa shape index (κ3) is 6.60. The molecule has 0 unspecified atom stereocenters. The predicted octanol–water partition coefficient (Wildman–Crippen LogP) is 6.33. The molecule has 5 aliphatic rings. The quantitative estimate of drug-likeness (QED) is 0.189. The summed E-state index contributed by atoms with van der Waals surface area (Å²) in [6, 6.07) is 10.4. The summed E-state index contributed by atoms with van der Waals surface area (Å²) in [6.45, 7) is 12.1. The Bertz CT molecular complexity index is 1970. The van der Waals surface area contributed by atoms with Gasteiger partial charge in [0.05, 0.1) is 34.9 Å². The molecule has 11 nitrogen and oxygen atoms in total. The highest BCUT2D eigenvalue weighted by Gasteiger charge is 2.68. The monoisotopic (exact) mass is 734 g/mol. The van der Waals surface area contributed by atoms with E-state index < -0.39 is 59.5 Å². The van der Waals surface area contributed by atoms with Gasteiger partial charge in [0.15, 0.2) is 0 Å². The number of hydrogen-bond donors (Lipinski definition) is 4. The van der Waals surface area contributed by atoms with E-state index in [0.717, 1.165) is 30.5 Å². The Balaban J connectivity index is 1.14. The standard InChI is InChI=1S/C38H46BF3N6O5/c1-7-30(39-52-29-17-24-16-28(35(24,3)4)37(29,6)53-39)46-31(49)27-18-36(5,47-34(51)45-25-13-11-21(2)12-14-25)33-44-20-26(32(50)48(27)33)43-19-22-9-8-10-23(15-22)38(40,41)42/h8-15,20,24,27-30,43H,7,16-19H2,1-6H3,(H,46,49)(H2,45,47,51)/t24-,27+,28-,29+,30-,36+,37-/m0/s1. The molecule has 3 aliphatic carbocycles. The van der Waals surface area contributed by atoms with Crippen LogP contribution >= 0.6 is 0 Å². The molecule has 282 valence electrons. The van der Waals surface area contributed by atoms with Gasteiger partial charge in [-0.2, -0.15) is 13.2 Å². The molecule has 2 bridgehead atoms. The van der Waals surface area contributed by atoms with E-state index in [9.17, 15) is 27.6 Å². The number of aryl methyl sites for hydroxylation is 1. The van der Waals surface area contributed by atoms with Crippen LogP contribution in [0.2, 0.25) is 0 Å². The average molecular weight is 735 g/mol. The summed E-state index contributed by atoms with van der Waals surface area (Å²) in [5.74, 6) is 0.0561. The summed E-state index contributed by atoms with van der Waals surface area (Å²) in [7, 11) is -0.685. The number of fused-ring (bicyclic) bond motifs is 1. The highest BCUT2D eigenvalue weighted by molar-refractivity contribution is 6.47. The topological polar surface area (TPSA) is 136 Å². The number of hydrogen-bond acceptors (Lipinski definition) is 7. The van der Waals surface area contributed by atoms with Gasteiger partial charge in [-0.1, -0.05) is 50.6 Å². The smallest absolute Gasteiger partial charge is 0.404 e. The normalized spacial score (nSPS) is 28.7. The first-order chi connectivity index (χ1) is 24.9. The Kier molecular flexibility index (Phi) is 9.20. The van der Waals surface area contributed by atoms with Gasteiger partial charge in [0.25, 0.3) is 5.56 Å². The first kappa shape index (κ1) is 37.0. The molecule has 4 N–H and O–H groups in total. The van der Waals surface area contributed by atoms with E-state index in [0.29, 0.717) is 29.5 Å². The van der Waals surface area contributed by atoms with Crippen molar-refractivity contribution < 1.29 is 32.1 Å². The molecule has 3 saturated carbocycles. The van der Waals surface area contributed by atoms with Crippen LogP contribution in [0.15, 0.2) is 59.5 Å². The van der Waals surface area contributed by atoms with Gasteiger partial charge in [0.2, 0.25) is 5.91 Å². The van der Waals surface area contributed by atoms with Gasteiger partial charge < -0.3 is 30.6 Å². The summed E-state index contributed by atoms with van der Waals surface area (Å²) < 4.78 is 54.5. The minimum atomic E-state index is -4.52. The number of aromatic nitrogens is 2. The average Bonchev–Trinajstić information content (AvgIpc) is 3.61. The third-order valence-electron chi connectivity index (χ3n) is 12.2. The summed E-state index contributed by atoms with van der Waals surface area (Å²) >= 11 is 0. The number of nitrogens with one attached hydrogen (secondary N) is 4. The fraction of sp³-hybridized carbons (Fsp3) is 0.526. The molecule has 15 heteroatoms. The molecule has 53 heavy (non-hydrogen) atoms. The van der Waals surface area contributed by atoms with Crippen LogP contribution in [-0.2, 0) is 32.4 Å². The molecule has 4 fully saturated rings. The Morgan fingerprint density at radius 1 is 1.09 bits per heavy atom. The fourth-order valence-corrected chi connectivity index (χ4v) is 8.99. The predicted molar refractivity (Wildman–Crippen MR) is 194 cm³/mol. The second kappa shape index (κ2) is 13.2. The molecule has 2 aliphatic heterocycles. The Labute approximate surface area is 307 Å². The lowest BCUT2D eigenvalue weighted by Gasteiger charge is -2.64. The number of halogens is 3. The lowest BCUT2D eigenvalue weighted by atomic mass is 9.43. The van der Waals surface area contributed by atoms with E-state index >= 15 is 0 Å². The molecule has 2 aromatic carbocycles. The van der Waals surface area contributed by atoms with Crippen LogP contribution in [0.3, 0.4) is 0 Å². The maximum absolute atomic E-state index is 14.3. The fourth-order valence-electron chi connectivity index (χ4n) is 8.99. The number of carbonyl (C=O) groups excluding carboxylic acids is 2. The molecule has 3 aromatic rings. The Morgan fingerprint density at radius 2 is 1.83 bits per heavy atom. The second-order valence-electron chi connectivity index (χ2n) is 16.1. The molecule has 1 aromatic heterocycles. The van der Waals surface area contributed by atoms with Crippen molar-refractivity contribution in [3.05, 3.63) is 87.6 Å². The summed E-state index contributed by atoms with van der Waals surface area (Å²) in [6.07, 6.45) is -0.851. The zero-order chi connectivity index (χ0) is 38.1. The Morgan fingerprint density at radius 3 is 2.51 bits per heavy atom. The highest BCUT2D eigenvalue weighted by atomic mass is 19.4. The molecule has 7 atom stereocenters.